The smallest absolute Gasteiger partial charge is 0.250 e. The van der Waals surface area contributed by atoms with Crippen LogP contribution in [0.4, 0.5) is 5.69 Å². The van der Waals surface area contributed by atoms with Gasteiger partial charge in [0.1, 0.15) is 17.7 Å². The van der Waals surface area contributed by atoms with E-state index in [0.29, 0.717) is 23.9 Å². The van der Waals surface area contributed by atoms with Crippen LogP contribution in [0.5, 0.6) is 0 Å². The number of carbonyl (C=O) groups is 1. The van der Waals surface area contributed by atoms with Crippen LogP contribution in [0.1, 0.15) is 5.56 Å². The Kier molecular flexibility index (Phi) is 4.24. The summed E-state index contributed by atoms with van der Waals surface area (Å²) in [6, 6.07) is 7.02. The molecule has 5 nitrogen and oxygen atoms in total. The second-order valence-electron chi connectivity index (χ2n) is 3.96. The average Bonchev–Trinajstić information content (AvgIpc) is 2.27. The lowest BCUT2D eigenvalue weighted by atomic mass is 10.2. The van der Waals surface area contributed by atoms with Gasteiger partial charge in [0, 0.05) is 11.3 Å². The zero-order chi connectivity index (χ0) is 13.0. The van der Waals surface area contributed by atoms with E-state index >= 15 is 0 Å². The zero-order valence-corrected chi connectivity index (χ0v) is 10.5. The molecule has 1 saturated heterocycles. The van der Waals surface area contributed by atoms with Gasteiger partial charge in [0.05, 0.1) is 13.2 Å². The van der Waals surface area contributed by atoms with E-state index in [0.717, 1.165) is 5.56 Å². The molecule has 1 aromatic carbocycles. The summed E-state index contributed by atoms with van der Waals surface area (Å²) in [5, 5.41) is 2.72. The number of nitrogens with two attached hydrogens (primary N) is 1. The van der Waals surface area contributed by atoms with E-state index in [1.807, 2.05) is 0 Å². The number of hydrogen-bond acceptors (Lipinski definition) is 4. The average molecular weight is 266 g/mol. The van der Waals surface area contributed by atoms with Gasteiger partial charge in [0.2, 0.25) is 5.91 Å². The summed E-state index contributed by atoms with van der Waals surface area (Å²) in [6.45, 7) is 1.16. The Bertz CT molecular complexity index is 443. The molecule has 1 heterocycles. The summed E-state index contributed by atoms with van der Waals surface area (Å²) in [4.78, 5) is 11.9. The SMILES string of the molecule is NC(=S)c1ccc(NC(=O)COC2COC2)cc1. The third-order valence-corrected chi connectivity index (χ3v) is 2.75. The Morgan fingerprint density at radius 2 is 2.11 bits per heavy atom. The fraction of sp³-hybridized carbons (Fsp3) is 0.333. The fourth-order valence-corrected chi connectivity index (χ4v) is 1.55. The molecule has 1 aromatic rings. The lowest BCUT2D eigenvalue weighted by Crippen LogP contribution is -2.38. The number of rotatable bonds is 5. The molecule has 0 atom stereocenters. The molecule has 2 rings (SSSR count). The van der Waals surface area contributed by atoms with Crippen molar-refractivity contribution in [2.45, 2.75) is 6.10 Å². The minimum atomic E-state index is -0.190. The van der Waals surface area contributed by atoms with Crippen LogP contribution in [-0.2, 0) is 14.3 Å². The third-order valence-electron chi connectivity index (χ3n) is 2.51. The first-order valence-electron chi connectivity index (χ1n) is 5.54. The topological polar surface area (TPSA) is 73.6 Å². The van der Waals surface area contributed by atoms with Crippen molar-refractivity contribution >= 4 is 28.8 Å². The van der Waals surface area contributed by atoms with Gasteiger partial charge in [-0.25, -0.2) is 0 Å². The maximum absolute atomic E-state index is 11.5. The van der Waals surface area contributed by atoms with E-state index in [9.17, 15) is 4.79 Å². The second-order valence-corrected chi connectivity index (χ2v) is 4.40. The van der Waals surface area contributed by atoms with Gasteiger partial charge in [-0.15, -0.1) is 0 Å². The van der Waals surface area contributed by atoms with Crippen LogP contribution in [0.2, 0.25) is 0 Å². The molecule has 1 aliphatic rings. The van der Waals surface area contributed by atoms with Crippen LogP contribution >= 0.6 is 12.2 Å². The Balaban J connectivity index is 1.80. The Morgan fingerprint density at radius 1 is 1.44 bits per heavy atom. The van der Waals surface area contributed by atoms with E-state index in [2.05, 4.69) is 5.32 Å². The predicted molar refractivity (Wildman–Crippen MR) is 71.5 cm³/mol. The van der Waals surface area contributed by atoms with Crippen molar-refractivity contribution < 1.29 is 14.3 Å². The molecule has 18 heavy (non-hydrogen) atoms. The first-order chi connectivity index (χ1) is 8.65. The molecule has 3 N–H and O–H groups in total. The summed E-state index contributed by atoms with van der Waals surface area (Å²) < 4.78 is 10.2. The van der Waals surface area contributed by atoms with Crippen LogP contribution in [0.3, 0.4) is 0 Å². The summed E-state index contributed by atoms with van der Waals surface area (Å²) in [5.41, 5.74) is 6.94. The van der Waals surface area contributed by atoms with E-state index in [1.165, 1.54) is 0 Å². The molecule has 0 spiro atoms. The van der Waals surface area contributed by atoms with E-state index < -0.39 is 0 Å². The van der Waals surface area contributed by atoms with Crippen molar-refractivity contribution in [2.75, 3.05) is 25.1 Å². The molecule has 0 bridgehead atoms. The minimum absolute atomic E-state index is 0.0328. The van der Waals surface area contributed by atoms with E-state index in [-0.39, 0.29) is 18.6 Å². The molecule has 0 aromatic heterocycles. The monoisotopic (exact) mass is 266 g/mol. The second kappa shape index (κ2) is 5.90. The Hall–Kier alpha value is -1.50. The first-order valence-corrected chi connectivity index (χ1v) is 5.95. The molecule has 0 saturated carbocycles. The highest BCUT2D eigenvalue weighted by Gasteiger charge is 2.19. The molecule has 6 heteroatoms. The molecular formula is C12H14N2O3S. The summed E-state index contributed by atoms with van der Waals surface area (Å²) in [6.07, 6.45) is 0.0488. The first kappa shape index (κ1) is 12.9. The molecule has 0 unspecified atom stereocenters. The lowest BCUT2D eigenvalue weighted by Gasteiger charge is -2.25. The molecule has 0 aliphatic carbocycles. The largest absolute Gasteiger partial charge is 0.389 e. The number of benzene rings is 1. The molecule has 0 radical (unpaired) electrons. The van der Waals surface area contributed by atoms with Crippen molar-refractivity contribution in [3.63, 3.8) is 0 Å². The highest BCUT2D eigenvalue weighted by Crippen LogP contribution is 2.10. The van der Waals surface area contributed by atoms with Crippen molar-refractivity contribution in [1.82, 2.24) is 0 Å². The van der Waals surface area contributed by atoms with Crippen LogP contribution in [0.15, 0.2) is 24.3 Å². The standard InChI is InChI=1S/C12H14N2O3S/c13-12(18)8-1-3-9(4-2-8)14-11(15)7-17-10-5-16-6-10/h1-4,10H,5-7H2,(H2,13,18)(H,14,15). The van der Waals surface area contributed by atoms with Crippen LogP contribution in [0, 0.1) is 0 Å². The number of amides is 1. The minimum Gasteiger partial charge on any atom is -0.389 e. The molecule has 96 valence electrons. The predicted octanol–water partition coefficient (Wildman–Crippen LogP) is 0.675. The quantitative estimate of drug-likeness (QED) is 0.766. The van der Waals surface area contributed by atoms with Gasteiger partial charge >= 0.3 is 0 Å². The van der Waals surface area contributed by atoms with Crippen molar-refractivity contribution in [2.24, 2.45) is 5.73 Å². The third kappa shape index (κ3) is 3.49. The van der Waals surface area contributed by atoms with Gasteiger partial charge in [-0.3, -0.25) is 4.79 Å². The van der Waals surface area contributed by atoms with Crippen molar-refractivity contribution in [3.8, 4) is 0 Å². The van der Waals surface area contributed by atoms with Crippen molar-refractivity contribution in [1.29, 1.82) is 0 Å². The van der Waals surface area contributed by atoms with E-state index in [1.54, 1.807) is 24.3 Å². The van der Waals surface area contributed by atoms with Crippen LogP contribution in [-0.4, -0.2) is 36.8 Å². The number of carbonyl (C=O) groups excluding carboxylic acids is 1. The highest BCUT2D eigenvalue weighted by atomic mass is 32.1. The Labute approximate surface area is 110 Å². The van der Waals surface area contributed by atoms with Crippen LogP contribution in [0.25, 0.3) is 0 Å². The van der Waals surface area contributed by atoms with E-state index in [4.69, 9.17) is 27.4 Å². The van der Waals surface area contributed by atoms with Gasteiger partial charge in [-0.1, -0.05) is 12.2 Å². The number of thiocarbonyl (C=S) groups is 1. The lowest BCUT2D eigenvalue weighted by molar-refractivity contribution is -0.144. The number of anilines is 1. The number of ether oxygens (including phenoxy) is 2. The summed E-state index contributed by atoms with van der Waals surface area (Å²) in [5.74, 6) is -0.190. The normalized spacial score (nSPS) is 14.9. The molecule has 1 aliphatic heterocycles. The maximum atomic E-state index is 11.5. The van der Waals surface area contributed by atoms with Gasteiger partial charge in [-0.05, 0) is 24.3 Å². The molecular weight excluding hydrogens is 252 g/mol. The molecule has 1 amide bonds. The fourth-order valence-electron chi connectivity index (χ4n) is 1.42. The van der Waals surface area contributed by atoms with Gasteiger partial charge in [0.25, 0.3) is 0 Å². The zero-order valence-electron chi connectivity index (χ0n) is 9.72. The molecule has 1 fully saturated rings. The van der Waals surface area contributed by atoms with Crippen LogP contribution < -0.4 is 11.1 Å². The number of hydrogen-bond donors (Lipinski definition) is 2. The van der Waals surface area contributed by atoms with Gasteiger partial charge in [0.15, 0.2) is 0 Å². The maximum Gasteiger partial charge on any atom is 0.250 e. The number of nitrogens with one attached hydrogen (secondary N) is 1. The van der Waals surface area contributed by atoms with Crippen molar-refractivity contribution in [3.05, 3.63) is 29.8 Å². The Morgan fingerprint density at radius 3 is 2.61 bits per heavy atom. The summed E-state index contributed by atoms with van der Waals surface area (Å²) in [7, 11) is 0. The highest BCUT2D eigenvalue weighted by molar-refractivity contribution is 7.80. The summed E-state index contributed by atoms with van der Waals surface area (Å²) >= 11 is 4.84. The van der Waals surface area contributed by atoms with Gasteiger partial charge < -0.3 is 20.5 Å². The van der Waals surface area contributed by atoms with Gasteiger partial charge in [-0.2, -0.15) is 0 Å².